The van der Waals surface area contributed by atoms with Crippen molar-refractivity contribution in [1.82, 2.24) is 15.5 Å². The average Bonchev–Trinajstić information content (AvgIpc) is 2.86. The van der Waals surface area contributed by atoms with E-state index in [-0.39, 0.29) is 23.1 Å². The summed E-state index contributed by atoms with van der Waals surface area (Å²) in [7, 11) is 0. The Morgan fingerprint density at radius 3 is 2.15 bits per heavy atom. The molecule has 2 rings (SSSR count). The molecule has 218 valence electrons. The minimum Gasteiger partial charge on any atom is -0.444 e. The third-order valence-corrected chi connectivity index (χ3v) is 8.01. The van der Waals surface area contributed by atoms with Crippen LogP contribution in [0.3, 0.4) is 0 Å². The molecule has 39 heavy (non-hydrogen) atoms. The summed E-state index contributed by atoms with van der Waals surface area (Å²) in [5.41, 5.74) is 0.950. The number of piperidine rings is 1. The molecule has 0 unspecified atom stereocenters. The first-order valence-corrected chi connectivity index (χ1v) is 14.4. The van der Waals surface area contributed by atoms with Gasteiger partial charge in [0.2, 0.25) is 11.8 Å². The van der Waals surface area contributed by atoms with E-state index in [1.54, 1.807) is 25.7 Å². The number of alkyl carbamates (subject to hydrolysis) is 1. The van der Waals surface area contributed by atoms with E-state index in [1.165, 1.54) is 5.57 Å². The molecular weight excluding hydrogens is 490 g/mol. The van der Waals surface area contributed by atoms with Crippen LogP contribution in [0.1, 0.15) is 93.6 Å². The minimum absolute atomic E-state index is 0.00948. The minimum atomic E-state index is -0.716. The summed E-state index contributed by atoms with van der Waals surface area (Å²) in [6, 6.07) is 9.20. The largest absolute Gasteiger partial charge is 0.444 e. The number of hydrogen-bond donors (Lipinski definition) is 2. The molecule has 1 aliphatic rings. The van der Waals surface area contributed by atoms with Gasteiger partial charge in [0.15, 0.2) is 0 Å². The molecule has 3 amide bonds. The van der Waals surface area contributed by atoms with Crippen LogP contribution in [0.25, 0.3) is 0 Å². The molecule has 1 fully saturated rings. The lowest BCUT2D eigenvalue weighted by Gasteiger charge is -2.42. The second-order valence-electron chi connectivity index (χ2n) is 12.9. The first-order chi connectivity index (χ1) is 18.1. The Kier molecular flexibility index (Phi) is 11.2. The van der Waals surface area contributed by atoms with Crippen LogP contribution in [0.2, 0.25) is 0 Å². The summed E-state index contributed by atoms with van der Waals surface area (Å²) in [5.74, 6) is 0.0730. The van der Waals surface area contributed by atoms with Crippen molar-refractivity contribution in [3.05, 3.63) is 47.5 Å². The molecule has 0 aromatic heterocycles. The van der Waals surface area contributed by atoms with Gasteiger partial charge in [-0.2, -0.15) is 0 Å². The maximum absolute atomic E-state index is 13.7. The summed E-state index contributed by atoms with van der Waals surface area (Å²) in [4.78, 5) is 41.6. The van der Waals surface area contributed by atoms with E-state index >= 15 is 0 Å². The summed E-state index contributed by atoms with van der Waals surface area (Å²) in [6.45, 7) is 19.5. The fourth-order valence-corrected chi connectivity index (χ4v) is 4.90. The van der Waals surface area contributed by atoms with Crippen molar-refractivity contribution in [2.24, 2.45) is 11.3 Å². The van der Waals surface area contributed by atoms with Crippen LogP contribution in [-0.2, 0) is 19.7 Å². The van der Waals surface area contributed by atoms with Crippen LogP contribution in [-0.4, -0.2) is 54.1 Å². The van der Waals surface area contributed by atoms with Crippen molar-refractivity contribution in [2.45, 2.75) is 105 Å². The van der Waals surface area contributed by atoms with Gasteiger partial charge < -0.3 is 20.3 Å². The van der Waals surface area contributed by atoms with E-state index in [9.17, 15) is 14.4 Å². The van der Waals surface area contributed by atoms with Crippen molar-refractivity contribution in [2.75, 3.05) is 19.6 Å². The van der Waals surface area contributed by atoms with E-state index in [4.69, 9.17) is 4.74 Å². The van der Waals surface area contributed by atoms with Crippen molar-refractivity contribution in [3.8, 4) is 0 Å². The highest BCUT2D eigenvalue weighted by Gasteiger charge is 2.44. The van der Waals surface area contributed by atoms with Gasteiger partial charge in [-0.25, -0.2) is 4.79 Å². The van der Waals surface area contributed by atoms with Gasteiger partial charge in [-0.1, -0.05) is 76.6 Å². The lowest BCUT2D eigenvalue weighted by Crippen LogP contribution is -2.56. The van der Waals surface area contributed by atoms with Crippen LogP contribution in [0.15, 0.2) is 42.0 Å². The van der Waals surface area contributed by atoms with Crippen molar-refractivity contribution >= 4 is 17.9 Å². The Morgan fingerprint density at radius 1 is 1.05 bits per heavy atom. The predicted molar refractivity (Wildman–Crippen MR) is 157 cm³/mol. The Hall–Kier alpha value is -2.83. The second kappa shape index (κ2) is 13.5. The first kappa shape index (κ1) is 32.4. The molecule has 7 heteroatoms. The summed E-state index contributed by atoms with van der Waals surface area (Å²) < 4.78 is 5.41. The molecule has 0 radical (unpaired) electrons. The van der Waals surface area contributed by atoms with Gasteiger partial charge in [0.1, 0.15) is 11.6 Å². The van der Waals surface area contributed by atoms with Crippen LogP contribution >= 0.6 is 0 Å². The Morgan fingerprint density at radius 2 is 1.64 bits per heavy atom. The molecule has 1 saturated heterocycles. The number of ether oxygens (including phenoxy) is 1. The zero-order valence-electron chi connectivity index (χ0n) is 25.6. The highest BCUT2D eigenvalue weighted by molar-refractivity contribution is 5.90. The topological polar surface area (TPSA) is 87.7 Å². The number of nitrogens with zero attached hydrogens (tertiary/aromatic N) is 1. The number of carbonyl (C=O) groups is 3. The van der Waals surface area contributed by atoms with Crippen LogP contribution in [0.4, 0.5) is 4.79 Å². The van der Waals surface area contributed by atoms with Crippen molar-refractivity contribution in [1.29, 1.82) is 0 Å². The number of carbonyl (C=O) groups excluding carboxylic acids is 3. The molecule has 1 aliphatic heterocycles. The zero-order chi connectivity index (χ0) is 29.4. The number of allylic oxidation sites excluding steroid dienone is 1. The smallest absolute Gasteiger partial charge is 0.408 e. The Balaban J connectivity index is 2.19. The highest BCUT2D eigenvalue weighted by atomic mass is 16.6. The SMILES string of the molecule is CCC(C)(C)/C(C)=C/CNC(=O)C1(c2ccccc2)CCN(C(=O)[C@@H](CC(C)C)NC(=O)OC(C)(C)C)CC1. The van der Waals surface area contributed by atoms with Crippen molar-refractivity contribution in [3.63, 3.8) is 0 Å². The Labute approximate surface area is 236 Å². The monoisotopic (exact) mass is 541 g/mol. The van der Waals surface area contributed by atoms with Crippen molar-refractivity contribution < 1.29 is 19.1 Å². The first-order valence-electron chi connectivity index (χ1n) is 14.4. The fourth-order valence-electron chi connectivity index (χ4n) is 4.90. The molecule has 1 aromatic carbocycles. The number of likely N-dealkylation sites (tertiary alicyclic amines) is 1. The lowest BCUT2D eigenvalue weighted by molar-refractivity contribution is -0.138. The molecule has 2 N–H and O–H groups in total. The number of nitrogens with one attached hydrogen (secondary N) is 2. The van der Waals surface area contributed by atoms with Gasteiger partial charge >= 0.3 is 6.09 Å². The van der Waals surface area contributed by atoms with E-state index in [0.29, 0.717) is 38.9 Å². The number of hydrogen-bond acceptors (Lipinski definition) is 4. The number of amides is 3. The normalized spacial score (nSPS) is 17.0. The quantitative estimate of drug-likeness (QED) is 0.357. The summed E-state index contributed by atoms with van der Waals surface area (Å²) >= 11 is 0. The van der Waals surface area contributed by atoms with Gasteiger partial charge in [0, 0.05) is 19.6 Å². The van der Waals surface area contributed by atoms with E-state index < -0.39 is 23.2 Å². The van der Waals surface area contributed by atoms with Gasteiger partial charge in [-0.15, -0.1) is 0 Å². The number of benzene rings is 1. The fraction of sp³-hybridized carbons (Fsp3) is 0.656. The van der Waals surface area contributed by atoms with Gasteiger partial charge in [0.05, 0.1) is 5.41 Å². The maximum atomic E-state index is 13.7. The molecule has 0 bridgehead atoms. The molecule has 1 aromatic rings. The second-order valence-corrected chi connectivity index (χ2v) is 12.9. The van der Waals surface area contributed by atoms with Crippen LogP contribution < -0.4 is 10.6 Å². The highest BCUT2D eigenvalue weighted by Crippen LogP contribution is 2.36. The van der Waals surface area contributed by atoms with Crippen LogP contribution in [0, 0.1) is 11.3 Å². The van der Waals surface area contributed by atoms with Crippen LogP contribution in [0.5, 0.6) is 0 Å². The molecule has 1 heterocycles. The maximum Gasteiger partial charge on any atom is 0.408 e. The molecule has 0 aliphatic carbocycles. The van der Waals surface area contributed by atoms with E-state index in [0.717, 1.165) is 12.0 Å². The third kappa shape index (κ3) is 9.11. The zero-order valence-corrected chi connectivity index (χ0v) is 25.6. The summed E-state index contributed by atoms with van der Waals surface area (Å²) in [5, 5.41) is 5.96. The van der Waals surface area contributed by atoms with Gasteiger partial charge in [0.25, 0.3) is 0 Å². The lowest BCUT2D eigenvalue weighted by atomic mass is 9.71. The van der Waals surface area contributed by atoms with E-state index in [1.807, 2.05) is 44.2 Å². The van der Waals surface area contributed by atoms with Gasteiger partial charge in [-0.05, 0) is 70.3 Å². The van der Waals surface area contributed by atoms with Gasteiger partial charge in [-0.3, -0.25) is 9.59 Å². The predicted octanol–water partition coefficient (Wildman–Crippen LogP) is 5.98. The summed E-state index contributed by atoms with van der Waals surface area (Å²) in [6.07, 6.45) is 4.08. The molecule has 1 atom stereocenters. The Bertz CT molecular complexity index is 1000. The third-order valence-electron chi connectivity index (χ3n) is 8.01. The molecule has 0 spiro atoms. The molecule has 0 saturated carbocycles. The number of rotatable bonds is 10. The molecule has 7 nitrogen and oxygen atoms in total. The molecular formula is C32H51N3O4. The average molecular weight is 542 g/mol. The standard InChI is InChI=1S/C32H51N3O4/c1-10-31(8,9)24(4)16-19-33-28(37)32(25-14-12-11-13-15-25)17-20-35(21-18-32)27(36)26(22-23(2)3)34-29(38)39-30(5,6)7/h11-16,23,26H,10,17-22H2,1-9H3,(H,33,37)(H,34,38)/b24-16+/t26-/m1/s1. The van der Waals surface area contributed by atoms with E-state index in [2.05, 4.69) is 44.4 Å².